The molecule has 2 aromatic rings. The fourth-order valence-electron chi connectivity index (χ4n) is 2.17. The first-order chi connectivity index (χ1) is 9.27. The summed E-state index contributed by atoms with van der Waals surface area (Å²) >= 11 is 10.9. The zero-order valence-corrected chi connectivity index (χ0v) is 16.5. The fraction of sp³-hybridized carbons (Fsp3) is 0.250. The lowest BCUT2D eigenvalue weighted by molar-refractivity contribution is 0.466. The Kier molecular flexibility index (Phi) is 4.67. The van der Waals surface area contributed by atoms with Gasteiger partial charge in [0.25, 0.3) is 0 Å². The first-order valence-electron chi connectivity index (χ1n) is 6.20. The van der Waals surface area contributed by atoms with Gasteiger partial charge < -0.3 is 5.11 Å². The minimum absolute atomic E-state index is 0.326. The third-order valence-corrected chi connectivity index (χ3v) is 6.74. The van der Waals surface area contributed by atoms with E-state index in [9.17, 15) is 5.11 Å². The van der Waals surface area contributed by atoms with Gasteiger partial charge in [-0.05, 0) is 92.2 Å². The highest BCUT2D eigenvalue weighted by Crippen LogP contribution is 2.46. The zero-order valence-electron chi connectivity index (χ0n) is 11.7. The van der Waals surface area contributed by atoms with Crippen LogP contribution in [-0.4, -0.2) is 5.11 Å². The molecule has 2 aromatic carbocycles. The molecule has 0 aliphatic heterocycles. The average Bonchev–Trinajstić information content (AvgIpc) is 2.43. The normalized spacial score (nSPS) is 10.9. The smallest absolute Gasteiger partial charge is 0.123 e. The van der Waals surface area contributed by atoms with Gasteiger partial charge in [0.1, 0.15) is 5.75 Å². The number of aryl methyl sites for hydroxylation is 1. The number of phenolic OH excluding ortho intramolecular Hbond substituents is 1. The van der Waals surface area contributed by atoms with E-state index in [1.807, 2.05) is 13.8 Å². The van der Waals surface area contributed by atoms with Crippen LogP contribution in [-0.2, 0) is 0 Å². The van der Waals surface area contributed by atoms with Crippen molar-refractivity contribution in [3.63, 3.8) is 0 Å². The van der Waals surface area contributed by atoms with Crippen LogP contribution in [0.1, 0.15) is 22.3 Å². The molecule has 0 aliphatic rings. The Morgan fingerprint density at radius 2 is 1.25 bits per heavy atom. The Bertz CT molecular complexity index is 677. The van der Waals surface area contributed by atoms with E-state index in [2.05, 4.69) is 73.8 Å². The Labute approximate surface area is 144 Å². The van der Waals surface area contributed by atoms with Crippen molar-refractivity contribution in [3.05, 3.63) is 47.8 Å². The fourth-order valence-corrected chi connectivity index (χ4v) is 4.28. The minimum Gasteiger partial charge on any atom is -0.507 e. The number of aromatic hydroxyl groups is 1. The molecule has 0 heterocycles. The van der Waals surface area contributed by atoms with Crippen LogP contribution in [0.3, 0.4) is 0 Å². The van der Waals surface area contributed by atoms with Gasteiger partial charge in [-0.2, -0.15) is 0 Å². The molecule has 0 atom stereocenters. The molecule has 106 valence electrons. The van der Waals surface area contributed by atoms with Crippen molar-refractivity contribution in [2.45, 2.75) is 27.7 Å². The summed E-state index contributed by atoms with van der Waals surface area (Å²) in [4.78, 5) is 0. The van der Waals surface area contributed by atoms with Crippen molar-refractivity contribution < 1.29 is 5.11 Å². The summed E-state index contributed by atoms with van der Waals surface area (Å²) in [6, 6.07) is 4.22. The van der Waals surface area contributed by atoms with Crippen molar-refractivity contribution in [2.75, 3.05) is 0 Å². The van der Waals surface area contributed by atoms with Crippen molar-refractivity contribution >= 4 is 47.8 Å². The summed E-state index contributed by atoms with van der Waals surface area (Å²) in [6.45, 7) is 8.03. The lowest BCUT2D eigenvalue weighted by Gasteiger charge is -2.18. The molecular formula is C16H15Br3O. The molecule has 0 aliphatic carbocycles. The highest BCUT2D eigenvalue weighted by atomic mass is 79.9. The maximum atomic E-state index is 10.1. The highest BCUT2D eigenvalue weighted by Gasteiger charge is 2.20. The molecule has 0 amide bonds. The third kappa shape index (κ3) is 2.46. The largest absolute Gasteiger partial charge is 0.507 e. The molecule has 1 N–H and O–H groups in total. The number of hydrogen-bond donors (Lipinski definition) is 1. The molecule has 0 bridgehead atoms. The van der Waals surface area contributed by atoms with E-state index in [4.69, 9.17) is 0 Å². The van der Waals surface area contributed by atoms with Crippen LogP contribution in [0, 0.1) is 27.7 Å². The van der Waals surface area contributed by atoms with E-state index >= 15 is 0 Å². The van der Waals surface area contributed by atoms with E-state index in [1.54, 1.807) is 0 Å². The van der Waals surface area contributed by atoms with E-state index < -0.39 is 0 Å². The van der Waals surface area contributed by atoms with Crippen LogP contribution in [0.4, 0.5) is 0 Å². The van der Waals surface area contributed by atoms with Gasteiger partial charge in [-0.25, -0.2) is 0 Å². The second-order valence-corrected chi connectivity index (χ2v) is 7.35. The van der Waals surface area contributed by atoms with Crippen molar-refractivity contribution in [1.29, 1.82) is 0 Å². The van der Waals surface area contributed by atoms with Gasteiger partial charge in [-0.1, -0.05) is 12.1 Å². The lowest BCUT2D eigenvalue weighted by Crippen LogP contribution is -1.94. The summed E-state index contributed by atoms with van der Waals surface area (Å²) in [5, 5.41) is 10.1. The van der Waals surface area contributed by atoms with E-state index in [1.165, 1.54) is 11.1 Å². The van der Waals surface area contributed by atoms with E-state index in [0.717, 1.165) is 35.7 Å². The molecule has 1 nitrogen and oxygen atoms in total. The number of benzene rings is 2. The van der Waals surface area contributed by atoms with Gasteiger partial charge in [-0.3, -0.25) is 0 Å². The van der Waals surface area contributed by atoms with Crippen LogP contribution in [0.15, 0.2) is 25.6 Å². The summed E-state index contributed by atoms with van der Waals surface area (Å²) in [6.07, 6.45) is 0. The Hall–Kier alpha value is -0.320. The summed E-state index contributed by atoms with van der Waals surface area (Å²) in [7, 11) is 0. The molecule has 0 radical (unpaired) electrons. The Balaban J connectivity index is 2.87. The van der Waals surface area contributed by atoms with Crippen molar-refractivity contribution in [3.8, 4) is 16.9 Å². The molecule has 0 spiro atoms. The Morgan fingerprint density at radius 1 is 0.750 bits per heavy atom. The molecule has 20 heavy (non-hydrogen) atoms. The molecular weight excluding hydrogens is 448 g/mol. The molecule has 0 saturated heterocycles. The van der Waals surface area contributed by atoms with Gasteiger partial charge in [0, 0.05) is 30.1 Å². The van der Waals surface area contributed by atoms with Crippen molar-refractivity contribution in [1.82, 2.24) is 0 Å². The number of hydrogen-bond acceptors (Lipinski definition) is 1. The summed E-state index contributed by atoms with van der Waals surface area (Å²) < 4.78 is 2.91. The third-order valence-electron chi connectivity index (χ3n) is 3.73. The topological polar surface area (TPSA) is 20.2 Å². The number of rotatable bonds is 1. The number of halogens is 3. The molecule has 0 fully saturated rings. The monoisotopic (exact) mass is 460 g/mol. The van der Waals surface area contributed by atoms with Crippen LogP contribution < -0.4 is 0 Å². The molecule has 0 saturated carbocycles. The zero-order chi connectivity index (χ0) is 15.2. The molecule has 2 rings (SSSR count). The van der Waals surface area contributed by atoms with E-state index in [-0.39, 0.29) is 0 Å². The molecule has 4 heteroatoms. The first kappa shape index (κ1) is 16.1. The van der Waals surface area contributed by atoms with Crippen LogP contribution >= 0.6 is 47.8 Å². The van der Waals surface area contributed by atoms with Crippen LogP contribution in [0.2, 0.25) is 0 Å². The first-order valence-corrected chi connectivity index (χ1v) is 8.58. The van der Waals surface area contributed by atoms with Gasteiger partial charge >= 0.3 is 0 Å². The highest BCUT2D eigenvalue weighted by molar-refractivity contribution is 9.11. The predicted molar refractivity (Wildman–Crippen MR) is 95.6 cm³/mol. The maximum absolute atomic E-state index is 10.1. The second-order valence-electron chi connectivity index (χ2n) is 4.97. The van der Waals surface area contributed by atoms with Crippen molar-refractivity contribution in [2.24, 2.45) is 0 Å². The standard InChI is InChI=1S/C16H15Br3O/c1-7-5-6-11(13(17)8(7)2)12-14(18)9(3)16(20)10(4)15(12)19/h5-6,20H,1-4H3. The summed E-state index contributed by atoms with van der Waals surface area (Å²) in [5.74, 6) is 0.326. The van der Waals surface area contributed by atoms with Crippen LogP contribution in [0.25, 0.3) is 11.1 Å². The van der Waals surface area contributed by atoms with Crippen LogP contribution in [0.5, 0.6) is 5.75 Å². The maximum Gasteiger partial charge on any atom is 0.123 e. The lowest BCUT2D eigenvalue weighted by atomic mass is 9.97. The average molecular weight is 463 g/mol. The SMILES string of the molecule is Cc1ccc(-c2c(Br)c(C)c(O)c(C)c2Br)c(Br)c1C. The Morgan fingerprint density at radius 3 is 1.75 bits per heavy atom. The van der Waals surface area contributed by atoms with Gasteiger partial charge in [0.15, 0.2) is 0 Å². The second kappa shape index (κ2) is 5.82. The van der Waals surface area contributed by atoms with Gasteiger partial charge in [0.05, 0.1) is 0 Å². The van der Waals surface area contributed by atoms with Gasteiger partial charge in [0.2, 0.25) is 0 Å². The molecule has 0 aromatic heterocycles. The predicted octanol–water partition coefficient (Wildman–Crippen LogP) is 6.58. The molecule has 0 unspecified atom stereocenters. The number of phenols is 1. The quantitative estimate of drug-likeness (QED) is 0.507. The van der Waals surface area contributed by atoms with Gasteiger partial charge in [-0.15, -0.1) is 0 Å². The minimum atomic E-state index is 0.326. The van der Waals surface area contributed by atoms with E-state index in [0.29, 0.717) is 5.75 Å². The summed E-state index contributed by atoms with van der Waals surface area (Å²) in [5.41, 5.74) is 6.35.